The molecule has 2 aromatic heterocycles. The smallest absolute Gasteiger partial charge is 0.278 e. The molecule has 9 heteroatoms. The summed E-state index contributed by atoms with van der Waals surface area (Å²) in [6.07, 6.45) is 2.21. The van der Waals surface area contributed by atoms with Crippen LogP contribution in [0.3, 0.4) is 0 Å². The molecule has 3 aromatic rings. The summed E-state index contributed by atoms with van der Waals surface area (Å²) in [4.78, 5) is 17.0. The van der Waals surface area contributed by atoms with Crippen molar-refractivity contribution in [2.24, 2.45) is 5.10 Å². The van der Waals surface area contributed by atoms with Gasteiger partial charge in [0.25, 0.3) is 6.01 Å². The molecule has 0 atom stereocenters. The molecule has 0 saturated carbocycles. The van der Waals surface area contributed by atoms with Crippen LogP contribution in [0.4, 0.5) is 10.2 Å². The Kier molecular flexibility index (Phi) is 4.64. The predicted molar refractivity (Wildman–Crippen MR) is 98.4 cm³/mol. The van der Waals surface area contributed by atoms with E-state index in [1.54, 1.807) is 24.5 Å². The fourth-order valence-electron chi connectivity index (χ4n) is 2.73. The first-order valence-corrected chi connectivity index (χ1v) is 8.51. The zero-order chi connectivity index (χ0) is 18.8. The van der Waals surface area contributed by atoms with E-state index in [0.29, 0.717) is 52.8 Å². The Balaban J connectivity index is 1.51. The molecule has 3 heterocycles. The third-order valence-electron chi connectivity index (χ3n) is 4.09. The molecule has 0 unspecified atom stereocenters. The predicted octanol–water partition coefficient (Wildman–Crippen LogP) is 3.42. The van der Waals surface area contributed by atoms with Gasteiger partial charge in [0.2, 0.25) is 12.3 Å². The van der Waals surface area contributed by atoms with Gasteiger partial charge in [0, 0.05) is 29.6 Å². The number of furan rings is 1. The zero-order valence-corrected chi connectivity index (χ0v) is 14.8. The van der Waals surface area contributed by atoms with Gasteiger partial charge in [-0.3, -0.25) is 4.79 Å². The van der Waals surface area contributed by atoms with E-state index in [9.17, 15) is 9.18 Å². The van der Waals surface area contributed by atoms with E-state index >= 15 is 0 Å². The minimum atomic E-state index is -0.701. The number of hydrogen-bond donors (Lipinski definition) is 0. The van der Waals surface area contributed by atoms with Crippen molar-refractivity contribution in [1.82, 2.24) is 9.99 Å². The monoisotopic (exact) mass is 388 g/mol. The number of benzene rings is 1. The van der Waals surface area contributed by atoms with Crippen LogP contribution in [0.15, 0.2) is 45.9 Å². The fourth-order valence-corrected chi connectivity index (χ4v) is 2.94. The Labute approximate surface area is 158 Å². The molecule has 0 fully saturated rings. The van der Waals surface area contributed by atoms with Gasteiger partial charge < -0.3 is 14.1 Å². The summed E-state index contributed by atoms with van der Waals surface area (Å²) in [7, 11) is 0. The average Bonchev–Trinajstić information content (AvgIpc) is 3.10. The van der Waals surface area contributed by atoms with Crippen LogP contribution in [0, 0.1) is 6.01 Å². The SMILES string of the molecule is O=CN1CCN(c2cccc(OCc3ccc(Cl)c4cc(F)oc34)n2)C=N1. The number of hydrogen-bond acceptors (Lipinski definition) is 6. The first kappa shape index (κ1) is 17.3. The first-order valence-electron chi connectivity index (χ1n) is 8.13. The lowest BCUT2D eigenvalue weighted by Crippen LogP contribution is -2.37. The molecule has 1 aliphatic rings. The Morgan fingerprint density at radius 1 is 1.30 bits per heavy atom. The number of hydrazone groups is 1. The van der Waals surface area contributed by atoms with Crippen LogP contribution in [0.2, 0.25) is 5.02 Å². The molecule has 1 aliphatic heterocycles. The Bertz CT molecular complexity index is 1020. The molecule has 138 valence electrons. The maximum atomic E-state index is 13.4. The van der Waals surface area contributed by atoms with Crippen molar-refractivity contribution in [3.05, 3.63) is 53.0 Å². The molecule has 0 aliphatic carbocycles. The summed E-state index contributed by atoms with van der Waals surface area (Å²) >= 11 is 6.06. The number of carbonyl (C=O) groups excluding carboxylic acids is 1. The quantitative estimate of drug-likeness (QED) is 0.626. The van der Waals surface area contributed by atoms with Crippen LogP contribution >= 0.6 is 11.6 Å². The lowest BCUT2D eigenvalue weighted by Gasteiger charge is -2.25. The van der Waals surface area contributed by atoms with Crippen molar-refractivity contribution in [2.75, 3.05) is 18.0 Å². The van der Waals surface area contributed by atoms with Gasteiger partial charge in [-0.25, -0.2) is 5.01 Å². The van der Waals surface area contributed by atoms with Crippen molar-refractivity contribution in [3.8, 4) is 5.88 Å². The summed E-state index contributed by atoms with van der Waals surface area (Å²) in [5.41, 5.74) is 1.01. The number of amides is 1. The van der Waals surface area contributed by atoms with Crippen LogP contribution in [0.5, 0.6) is 5.88 Å². The van der Waals surface area contributed by atoms with Crippen LogP contribution in [-0.4, -0.2) is 35.8 Å². The largest absolute Gasteiger partial charge is 0.473 e. The second kappa shape index (κ2) is 7.24. The number of rotatable bonds is 5. The van der Waals surface area contributed by atoms with Crippen LogP contribution in [0.1, 0.15) is 5.56 Å². The van der Waals surface area contributed by atoms with E-state index in [1.165, 1.54) is 11.1 Å². The van der Waals surface area contributed by atoms with Gasteiger partial charge in [0.05, 0.1) is 11.6 Å². The third kappa shape index (κ3) is 3.56. The lowest BCUT2D eigenvalue weighted by atomic mass is 10.1. The summed E-state index contributed by atoms with van der Waals surface area (Å²) in [6.45, 7) is 1.19. The number of halogens is 2. The van der Waals surface area contributed by atoms with Crippen molar-refractivity contribution in [3.63, 3.8) is 0 Å². The van der Waals surface area contributed by atoms with E-state index in [2.05, 4.69) is 10.1 Å². The van der Waals surface area contributed by atoms with Crippen LogP contribution < -0.4 is 9.64 Å². The van der Waals surface area contributed by atoms with Gasteiger partial charge in [0.1, 0.15) is 24.3 Å². The molecular formula is C18H14ClFN4O3. The summed E-state index contributed by atoms with van der Waals surface area (Å²) in [5.74, 6) is 1.04. The topological polar surface area (TPSA) is 71.2 Å². The van der Waals surface area contributed by atoms with Crippen LogP contribution in [-0.2, 0) is 11.4 Å². The molecule has 0 radical (unpaired) electrons. The molecule has 0 bridgehead atoms. The van der Waals surface area contributed by atoms with Gasteiger partial charge in [-0.2, -0.15) is 14.5 Å². The lowest BCUT2D eigenvalue weighted by molar-refractivity contribution is -0.118. The van der Waals surface area contributed by atoms with E-state index in [1.807, 2.05) is 17.0 Å². The summed E-state index contributed by atoms with van der Waals surface area (Å²) < 4.78 is 24.3. The highest BCUT2D eigenvalue weighted by Crippen LogP contribution is 2.30. The van der Waals surface area contributed by atoms with Crippen molar-refractivity contribution >= 4 is 41.1 Å². The number of carbonyl (C=O) groups is 1. The van der Waals surface area contributed by atoms with Gasteiger partial charge >= 0.3 is 0 Å². The highest BCUT2D eigenvalue weighted by Gasteiger charge is 2.15. The normalized spacial score (nSPS) is 14.0. The van der Waals surface area contributed by atoms with Crippen molar-refractivity contribution in [2.45, 2.75) is 6.61 Å². The van der Waals surface area contributed by atoms with E-state index < -0.39 is 6.01 Å². The Morgan fingerprint density at radius 2 is 2.19 bits per heavy atom. The molecule has 0 spiro atoms. The Morgan fingerprint density at radius 3 is 2.96 bits per heavy atom. The Hall–Kier alpha value is -3.13. The van der Waals surface area contributed by atoms with Crippen molar-refractivity contribution < 1.29 is 18.3 Å². The molecule has 0 saturated heterocycles. The number of pyridine rings is 1. The maximum absolute atomic E-state index is 13.4. The van der Waals surface area contributed by atoms with E-state index in [-0.39, 0.29) is 6.61 Å². The fraction of sp³-hybridized carbons (Fsp3) is 0.167. The van der Waals surface area contributed by atoms with Crippen LogP contribution in [0.25, 0.3) is 11.0 Å². The van der Waals surface area contributed by atoms with Gasteiger partial charge in [-0.15, -0.1) is 0 Å². The van der Waals surface area contributed by atoms with Crippen molar-refractivity contribution in [1.29, 1.82) is 0 Å². The standard InChI is InChI=1S/C18H14ClFN4O3/c19-14-5-4-12(18-13(14)8-15(20)27-18)9-26-17-3-1-2-16(22-17)23-6-7-24(11-25)21-10-23/h1-5,8,10-11H,6-7,9H2. The molecule has 1 aromatic carbocycles. The van der Waals surface area contributed by atoms with Gasteiger partial charge in [-0.05, 0) is 12.1 Å². The first-order chi connectivity index (χ1) is 13.1. The van der Waals surface area contributed by atoms with E-state index in [0.717, 1.165) is 0 Å². The number of nitrogens with zero attached hydrogens (tertiary/aromatic N) is 4. The highest BCUT2D eigenvalue weighted by atomic mass is 35.5. The molecule has 0 N–H and O–H groups in total. The molecule has 1 amide bonds. The second-order valence-electron chi connectivity index (χ2n) is 5.82. The zero-order valence-electron chi connectivity index (χ0n) is 14.0. The number of ether oxygens (including phenoxy) is 1. The van der Waals surface area contributed by atoms with E-state index in [4.69, 9.17) is 20.8 Å². The number of anilines is 1. The number of fused-ring (bicyclic) bond motifs is 1. The number of aromatic nitrogens is 1. The average molecular weight is 389 g/mol. The summed E-state index contributed by atoms with van der Waals surface area (Å²) in [5, 5.41) is 6.22. The third-order valence-corrected chi connectivity index (χ3v) is 4.42. The molecule has 4 rings (SSSR count). The highest BCUT2D eigenvalue weighted by molar-refractivity contribution is 6.35. The van der Waals surface area contributed by atoms with Gasteiger partial charge in [0.15, 0.2) is 0 Å². The molecule has 7 nitrogen and oxygen atoms in total. The summed E-state index contributed by atoms with van der Waals surface area (Å²) in [6, 6.07) is 9.29. The second-order valence-corrected chi connectivity index (χ2v) is 6.22. The molecular weight excluding hydrogens is 375 g/mol. The maximum Gasteiger partial charge on any atom is 0.278 e. The minimum Gasteiger partial charge on any atom is -0.473 e. The molecule has 27 heavy (non-hydrogen) atoms. The minimum absolute atomic E-state index is 0.143. The van der Waals surface area contributed by atoms with Gasteiger partial charge in [-0.1, -0.05) is 23.7 Å².